The molecular weight excluding hydrogens is 361 g/mol. The van der Waals surface area contributed by atoms with Gasteiger partial charge in [0.2, 0.25) is 0 Å². The molecule has 0 bridgehead atoms. The highest BCUT2D eigenvalue weighted by Gasteiger charge is 2.12. The van der Waals surface area contributed by atoms with Crippen molar-refractivity contribution in [1.29, 1.82) is 0 Å². The van der Waals surface area contributed by atoms with Crippen LogP contribution in [0.4, 0.5) is 5.69 Å². The maximum atomic E-state index is 12.1. The standard InChI is InChI=1S/C18H19Cl2N3O2/c1-21-18(25)13-5-3-12(4-6-13)10-23(2)11-17(24)22-16-8-14(19)7-15(20)9-16/h3-9H,10-11H2,1-2H3,(H,21,25)(H,22,24)/p+1. The van der Waals surface area contributed by atoms with E-state index in [0.29, 0.717) is 34.4 Å². The third-order valence-electron chi connectivity index (χ3n) is 3.56. The number of benzene rings is 2. The largest absolute Gasteiger partial charge is 0.355 e. The summed E-state index contributed by atoms with van der Waals surface area (Å²) in [5.74, 6) is -0.246. The first-order valence-electron chi connectivity index (χ1n) is 7.75. The average Bonchev–Trinajstić information content (AvgIpc) is 2.53. The predicted octanol–water partition coefficient (Wildman–Crippen LogP) is 2.01. The van der Waals surface area contributed by atoms with Crippen molar-refractivity contribution >= 4 is 40.7 Å². The van der Waals surface area contributed by atoms with Gasteiger partial charge in [0.15, 0.2) is 6.54 Å². The summed E-state index contributed by atoms with van der Waals surface area (Å²) >= 11 is 11.8. The Labute approximate surface area is 156 Å². The Morgan fingerprint density at radius 1 is 1.04 bits per heavy atom. The van der Waals surface area contributed by atoms with Gasteiger partial charge in [-0.05, 0) is 30.3 Å². The van der Waals surface area contributed by atoms with Gasteiger partial charge in [-0.1, -0.05) is 35.3 Å². The van der Waals surface area contributed by atoms with Crippen LogP contribution in [0.1, 0.15) is 15.9 Å². The molecule has 0 radical (unpaired) electrons. The Hall–Kier alpha value is -2.08. The van der Waals surface area contributed by atoms with Crippen molar-refractivity contribution in [1.82, 2.24) is 5.32 Å². The molecule has 0 fully saturated rings. The summed E-state index contributed by atoms with van der Waals surface area (Å²) in [5.41, 5.74) is 2.23. The van der Waals surface area contributed by atoms with Gasteiger partial charge in [0.25, 0.3) is 11.8 Å². The Morgan fingerprint density at radius 3 is 2.20 bits per heavy atom. The summed E-state index contributed by atoms with van der Waals surface area (Å²) in [6.45, 7) is 0.957. The van der Waals surface area contributed by atoms with Crippen molar-refractivity contribution in [2.45, 2.75) is 6.54 Å². The molecule has 2 rings (SSSR count). The predicted molar refractivity (Wildman–Crippen MR) is 100 cm³/mol. The molecule has 1 unspecified atom stereocenters. The van der Waals surface area contributed by atoms with Gasteiger partial charge in [-0.2, -0.15) is 0 Å². The van der Waals surface area contributed by atoms with Crippen LogP contribution in [0.15, 0.2) is 42.5 Å². The lowest BCUT2D eigenvalue weighted by molar-refractivity contribution is -0.885. The number of anilines is 1. The van der Waals surface area contributed by atoms with E-state index in [2.05, 4.69) is 10.6 Å². The number of quaternary nitrogens is 1. The van der Waals surface area contributed by atoms with E-state index in [4.69, 9.17) is 23.2 Å². The van der Waals surface area contributed by atoms with E-state index in [-0.39, 0.29) is 11.8 Å². The molecule has 0 saturated heterocycles. The van der Waals surface area contributed by atoms with Crippen molar-refractivity contribution in [3.63, 3.8) is 0 Å². The van der Waals surface area contributed by atoms with Crippen LogP contribution in [0.5, 0.6) is 0 Å². The molecule has 1 atom stereocenters. The van der Waals surface area contributed by atoms with E-state index < -0.39 is 0 Å². The molecule has 0 aliphatic heterocycles. The van der Waals surface area contributed by atoms with Crippen LogP contribution < -0.4 is 15.5 Å². The van der Waals surface area contributed by atoms with Crippen LogP contribution in [0.25, 0.3) is 0 Å². The first kappa shape index (κ1) is 19.2. The van der Waals surface area contributed by atoms with Gasteiger partial charge >= 0.3 is 0 Å². The smallest absolute Gasteiger partial charge is 0.279 e. The molecule has 0 aliphatic rings. The van der Waals surface area contributed by atoms with Gasteiger partial charge < -0.3 is 15.5 Å². The summed E-state index contributed by atoms with van der Waals surface area (Å²) in [4.78, 5) is 24.7. The van der Waals surface area contributed by atoms with E-state index in [1.165, 1.54) is 0 Å². The number of hydrogen-bond donors (Lipinski definition) is 3. The van der Waals surface area contributed by atoms with Gasteiger partial charge in [-0.15, -0.1) is 0 Å². The number of carbonyl (C=O) groups is 2. The summed E-state index contributed by atoms with van der Waals surface area (Å²) in [6.07, 6.45) is 0. The van der Waals surface area contributed by atoms with Gasteiger partial charge in [-0.3, -0.25) is 9.59 Å². The fourth-order valence-corrected chi connectivity index (χ4v) is 2.96. The third-order valence-corrected chi connectivity index (χ3v) is 3.99. The highest BCUT2D eigenvalue weighted by molar-refractivity contribution is 6.35. The molecule has 25 heavy (non-hydrogen) atoms. The highest BCUT2D eigenvalue weighted by atomic mass is 35.5. The maximum Gasteiger partial charge on any atom is 0.279 e. The van der Waals surface area contributed by atoms with Gasteiger partial charge in [0.1, 0.15) is 6.54 Å². The van der Waals surface area contributed by atoms with Gasteiger partial charge in [0.05, 0.1) is 7.05 Å². The normalized spacial score (nSPS) is 11.7. The van der Waals surface area contributed by atoms with E-state index in [0.717, 1.165) is 10.5 Å². The summed E-state index contributed by atoms with van der Waals surface area (Å²) in [6, 6.07) is 12.2. The van der Waals surface area contributed by atoms with Crippen LogP contribution in [0, 0.1) is 0 Å². The molecule has 2 aromatic rings. The minimum atomic E-state index is -0.127. The van der Waals surface area contributed by atoms with E-state index in [1.807, 2.05) is 19.2 Å². The fraction of sp³-hybridized carbons (Fsp3) is 0.222. The first-order chi connectivity index (χ1) is 11.9. The van der Waals surface area contributed by atoms with Crippen molar-refractivity contribution in [2.24, 2.45) is 0 Å². The fourth-order valence-electron chi connectivity index (χ4n) is 2.43. The van der Waals surface area contributed by atoms with E-state index in [9.17, 15) is 9.59 Å². The van der Waals surface area contributed by atoms with E-state index in [1.54, 1.807) is 37.4 Å². The second-order valence-corrected chi connectivity index (χ2v) is 6.67. The van der Waals surface area contributed by atoms with E-state index >= 15 is 0 Å². The van der Waals surface area contributed by atoms with Gasteiger partial charge in [-0.25, -0.2) is 0 Å². The number of amides is 2. The zero-order chi connectivity index (χ0) is 18.4. The molecule has 132 valence electrons. The summed E-state index contributed by atoms with van der Waals surface area (Å²) < 4.78 is 0. The minimum absolute atomic E-state index is 0.119. The minimum Gasteiger partial charge on any atom is -0.355 e. The quantitative estimate of drug-likeness (QED) is 0.717. The van der Waals surface area contributed by atoms with Crippen LogP contribution in [0.3, 0.4) is 0 Å². The lowest BCUT2D eigenvalue weighted by Gasteiger charge is -2.14. The van der Waals surface area contributed by atoms with Crippen LogP contribution in [-0.2, 0) is 11.3 Å². The third kappa shape index (κ3) is 6.05. The molecule has 2 amide bonds. The Bertz CT molecular complexity index is 743. The van der Waals surface area contributed by atoms with Crippen molar-refractivity contribution in [2.75, 3.05) is 26.0 Å². The Balaban J connectivity index is 1.89. The molecular formula is C18H20Cl2N3O2+. The Morgan fingerprint density at radius 2 is 1.64 bits per heavy atom. The van der Waals surface area contributed by atoms with Crippen LogP contribution >= 0.6 is 23.2 Å². The monoisotopic (exact) mass is 380 g/mol. The molecule has 0 spiro atoms. The maximum absolute atomic E-state index is 12.1. The summed E-state index contributed by atoms with van der Waals surface area (Å²) in [5, 5.41) is 6.32. The average molecular weight is 381 g/mol. The number of carbonyl (C=O) groups excluding carboxylic acids is 2. The lowest BCUT2D eigenvalue weighted by atomic mass is 10.1. The molecule has 5 nitrogen and oxygen atoms in total. The zero-order valence-corrected chi connectivity index (χ0v) is 15.5. The number of likely N-dealkylation sites (N-methyl/N-ethyl adjacent to an activating group) is 1. The number of halogens is 2. The number of rotatable bonds is 6. The van der Waals surface area contributed by atoms with Crippen molar-refractivity contribution < 1.29 is 14.5 Å². The molecule has 0 saturated carbocycles. The van der Waals surface area contributed by atoms with Crippen LogP contribution in [-0.4, -0.2) is 32.5 Å². The zero-order valence-electron chi connectivity index (χ0n) is 14.0. The molecule has 2 aromatic carbocycles. The molecule has 0 heterocycles. The molecule has 0 aliphatic carbocycles. The summed E-state index contributed by atoms with van der Waals surface area (Å²) in [7, 11) is 3.52. The lowest BCUT2D eigenvalue weighted by Crippen LogP contribution is -3.08. The second kappa shape index (κ2) is 8.85. The first-order valence-corrected chi connectivity index (χ1v) is 8.51. The molecule has 7 heteroatoms. The molecule has 0 aromatic heterocycles. The number of hydrogen-bond acceptors (Lipinski definition) is 2. The second-order valence-electron chi connectivity index (χ2n) is 5.79. The highest BCUT2D eigenvalue weighted by Crippen LogP contribution is 2.22. The van der Waals surface area contributed by atoms with Gasteiger partial charge in [0, 0.05) is 33.9 Å². The van der Waals surface area contributed by atoms with Crippen molar-refractivity contribution in [3.8, 4) is 0 Å². The number of nitrogens with one attached hydrogen (secondary N) is 3. The Kier molecular flexibility index (Phi) is 6.82. The topological polar surface area (TPSA) is 62.6 Å². The van der Waals surface area contributed by atoms with Crippen LogP contribution in [0.2, 0.25) is 10.0 Å². The van der Waals surface area contributed by atoms with Crippen molar-refractivity contribution in [3.05, 3.63) is 63.6 Å². The molecule has 3 N–H and O–H groups in total. The SMILES string of the molecule is CNC(=O)c1ccc(C[NH+](C)CC(=O)Nc2cc(Cl)cc(Cl)c2)cc1.